The SMILES string of the molecule is NCCC1CCCCN1CCn1nc2ccccn2c1=O. The van der Waals surface area contributed by atoms with E-state index in [0.717, 1.165) is 26.1 Å². The van der Waals surface area contributed by atoms with E-state index in [1.165, 1.54) is 19.3 Å². The second-order valence-electron chi connectivity index (χ2n) is 5.70. The van der Waals surface area contributed by atoms with Crippen molar-refractivity contribution in [1.82, 2.24) is 19.1 Å². The third-order valence-electron chi connectivity index (χ3n) is 4.34. The first-order valence-corrected chi connectivity index (χ1v) is 7.78. The van der Waals surface area contributed by atoms with Crippen LogP contribution in [-0.2, 0) is 6.54 Å². The average molecular weight is 289 g/mol. The molecule has 1 unspecified atom stereocenters. The monoisotopic (exact) mass is 289 g/mol. The fourth-order valence-electron chi connectivity index (χ4n) is 3.21. The topological polar surface area (TPSA) is 68.6 Å². The Balaban J connectivity index is 1.70. The first kappa shape index (κ1) is 14.3. The summed E-state index contributed by atoms with van der Waals surface area (Å²) in [6, 6.07) is 6.17. The highest BCUT2D eigenvalue weighted by atomic mass is 16.2. The molecular weight excluding hydrogens is 266 g/mol. The maximum atomic E-state index is 12.2. The molecule has 0 radical (unpaired) electrons. The van der Waals surface area contributed by atoms with Gasteiger partial charge in [0, 0.05) is 18.8 Å². The molecule has 0 spiro atoms. The number of pyridine rings is 1. The quantitative estimate of drug-likeness (QED) is 0.880. The Morgan fingerprint density at radius 2 is 2.19 bits per heavy atom. The van der Waals surface area contributed by atoms with Crippen LogP contribution in [0.5, 0.6) is 0 Å². The zero-order valence-corrected chi connectivity index (χ0v) is 12.3. The highest BCUT2D eigenvalue weighted by Gasteiger charge is 2.21. The molecule has 1 atom stereocenters. The molecule has 0 amide bonds. The van der Waals surface area contributed by atoms with Crippen LogP contribution in [0.4, 0.5) is 0 Å². The molecule has 1 fully saturated rings. The minimum Gasteiger partial charge on any atom is -0.330 e. The van der Waals surface area contributed by atoms with Crippen LogP contribution in [0.1, 0.15) is 25.7 Å². The minimum absolute atomic E-state index is 0.0574. The van der Waals surface area contributed by atoms with E-state index in [4.69, 9.17) is 5.73 Å². The van der Waals surface area contributed by atoms with E-state index in [0.29, 0.717) is 18.2 Å². The lowest BCUT2D eigenvalue weighted by Crippen LogP contribution is -2.43. The van der Waals surface area contributed by atoms with Crippen molar-refractivity contribution in [3.05, 3.63) is 34.9 Å². The van der Waals surface area contributed by atoms with Gasteiger partial charge in [0.15, 0.2) is 5.65 Å². The minimum atomic E-state index is -0.0574. The molecule has 114 valence electrons. The van der Waals surface area contributed by atoms with Gasteiger partial charge < -0.3 is 5.73 Å². The summed E-state index contributed by atoms with van der Waals surface area (Å²) in [5.41, 5.74) is 6.36. The lowest BCUT2D eigenvalue weighted by molar-refractivity contribution is 0.135. The average Bonchev–Trinajstić information content (AvgIpc) is 2.84. The summed E-state index contributed by atoms with van der Waals surface area (Å²) in [6.07, 6.45) is 6.55. The van der Waals surface area contributed by atoms with E-state index in [9.17, 15) is 4.79 Å². The van der Waals surface area contributed by atoms with Crippen LogP contribution in [0.25, 0.3) is 5.65 Å². The number of nitrogens with zero attached hydrogens (tertiary/aromatic N) is 4. The van der Waals surface area contributed by atoms with Crippen molar-refractivity contribution >= 4 is 5.65 Å². The van der Waals surface area contributed by atoms with Gasteiger partial charge in [-0.05, 0) is 44.5 Å². The van der Waals surface area contributed by atoms with E-state index in [1.54, 1.807) is 15.3 Å². The summed E-state index contributed by atoms with van der Waals surface area (Å²) < 4.78 is 3.16. The van der Waals surface area contributed by atoms with Gasteiger partial charge in [-0.25, -0.2) is 9.48 Å². The number of piperidine rings is 1. The zero-order chi connectivity index (χ0) is 14.7. The first-order valence-electron chi connectivity index (χ1n) is 7.78. The second-order valence-corrected chi connectivity index (χ2v) is 5.70. The molecule has 6 nitrogen and oxygen atoms in total. The summed E-state index contributed by atoms with van der Waals surface area (Å²) in [4.78, 5) is 14.7. The van der Waals surface area contributed by atoms with Gasteiger partial charge >= 0.3 is 5.69 Å². The molecule has 21 heavy (non-hydrogen) atoms. The number of likely N-dealkylation sites (tertiary alicyclic amines) is 1. The number of hydrogen-bond donors (Lipinski definition) is 1. The van der Waals surface area contributed by atoms with Gasteiger partial charge in [0.1, 0.15) is 0 Å². The molecule has 0 bridgehead atoms. The predicted octanol–water partition coefficient (Wildman–Crippen LogP) is 0.699. The molecule has 6 heteroatoms. The lowest BCUT2D eigenvalue weighted by Gasteiger charge is -2.35. The largest absolute Gasteiger partial charge is 0.350 e. The van der Waals surface area contributed by atoms with E-state index < -0.39 is 0 Å². The van der Waals surface area contributed by atoms with Gasteiger partial charge in [0.2, 0.25) is 0 Å². The third-order valence-corrected chi connectivity index (χ3v) is 4.34. The van der Waals surface area contributed by atoms with Crippen molar-refractivity contribution in [2.45, 2.75) is 38.3 Å². The normalized spacial score (nSPS) is 20.1. The predicted molar refractivity (Wildman–Crippen MR) is 82.3 cm³/mol. The van der Waals surface area contributed by atoms with Crippen molar-refractivity contribution in [3.63, 3.8) is 0 Å². The van der Waals surface area contributed by atoms with Crippen molar-refractivity contribution < 1.29 is 0 Å². The molecule has 2 aromatic heterocycles. The number of fused-ring (bicyclic) bond motifs is 1. The maximum absolute atomic E-state index is 12.2. The van der Waals surface area contributed by atoms with Crippen molar-refractivity contribution in [2.24, 2.45) is 5.73 Å². The number of aromatic nitrogens is 3. The Labute approximate surface area is 124 Å². The fraction of sp³-hybridized carbons (Fsp3) is 0.600. The molecule has 1 saturated heterocycles. The molecule has 0 aromatic carbocycles. The third kappa shape index (κ3) is 3.01. The van der Waals surface area contributed by atoms with Crippen LogP contribution in [0.3, 0.4) is 0 Å². The molecule has 0 aliphatic carbocycles. The molecule has 1 aliphatic heterocycles. The van der Waals surface area contributed by atoms with Crippen molar-refractivity contribution in [2.75, 3.05) is 19.6 Å². The van der Waals surface area contributed by atoms with Gasteiger partial charge in [-0.1, -0.05) is 12.5 Å². The van der Waals surface area contributed by atoms with Gasteiger partial charge in [0.25, 0.3) is 0 Å². The van der Waals surface area contributed by atoms with E-state index in [1.807, 2.05) is 18.2 Å². The Hall–Kier alpha value is -1.66. The van der Waals surface area contributed by atoms with E-state index >= 15 is 0 Å². The Kier molecular flexibility index (Phi) is 4.36. The summed E-state index contributed by atoms with van der Waals surface area (Å²) in [7, 11) is 0. The summed E-state index contributed by atoms with van der Waals surface area (Å²) in [5, 5.41) is 4.38. The van der Waals surface area contributed by atoms with Gasteiger partial charge in [-0.3, -0.25) is 9.30 Å². The smallest absolute Gasteiger partial charge is 0.330 e. The molecule has 3 heterocycles. The molecule has 2 N–H and O–H groups in total. The maximum Gasteiger partial charge on any atom is 0.350 e. The standard InChI is InChI=1S/C15H23N5O/c16-8-7-13-5-1-3-9-18(13)11-12-20-15(21)19-10-4-2-6-14(19)17-20/h2,4,6,10,13H,1,3,5,7-9,11-12,16H2. The van der Waals surface area contributed by atoms with Gasteiger partial charge in [-0.15, -0.1) is 5.10 Å². The first-order chi connectivity index (χ1) is 10.3. The number of rotatable bonds is 5. The molecule has 3 rings (SSSR count). The van der Waals surface area contributed by atoms with E-state index in [2.05, 4.69) is 10.00 Å². The Morgan fingerprint density at radius 3 is 3.00 bits per heavy atom. The summed E-state index contributed by atoms with van der Waals surface area (Å²) in [6.45, 7) is 3.35. The van der Waals surface area contributed by atoms with Crippen LogP contribution >= 0.6 is 0 Å². The number of nitrogens with two attached hydrogens (primary N) is 1. The van der Waals surface area contributed by atoms with Crippen LogP contribution in [0, 0.1) is 0 Å². The number of hydrogen-bond acceptors (Lipinski definition) is 4. The summed E-state index contributed by atoms with van der Waals surface area (Å²) in [5.74, 6) is 0. The van der Waals surface area contributed by atoms with Crippen LogP contribution in [-0.4, -0.2) is 44.8 Å². The second kappa shape index (κ2) is 6.41. The molecule has 1 aliphatic rings. The van der Waals surface area contributed by atoms with Gasteiger partial charge in [0.05, 0.1) is 6.54 Å². The molecule has 2 aromatic rings. The Bertz CT molecular complexity index is 645. The van der Waals surface area contributed by atoms with Crippen LogP contribution in [0.2, 0.25) is 0 Å². The van der Waals surface area contributed by atoms with E-state index in [-0.39, 0.29) is 5.69 Å². The Morgan fingerprint density at radius 1 is 1.29 bits per heavy atom. The molecular formula is C15H23N5O. The molecule has 0 saturated carbocycles. The summed E-state index contributed by atoms with van der Waals surface area (Å²) >= 11 is 0. The lowest BCUT2D eigenvalue weighted by atomic mass is 9.99. The van der Waals surface area contributed by atoms with Crippen molar-refractivity contribution in [3.8, 4) is 0 Å². The van der Waals surface area contributed by atoms with Crippen LogP contribution in [0.15, 0.2) is 29.2 Å². The highest BCUT2D eigenvalue weighted by molar-refractivity contribution is 5.35. The zero-order valence-electron chi connectivity index (χ0n) is 12.3. The fourth-order valence-corrected chi connectivity index (χ4v) is 3.21. The van der Waals surface area contributed by atoms with Gasteiger partial charge in [-0.2, -0.15) is 0 Å². The van der Waals surface area contributed by atoms with Crippen molar-refractivity contribution in [1.29, 1.82) is 0 Å². The highest BCUT2D eigenvalue weighted by Crippen LogP contribution is 2.18. The van der Waals surface area contributed by atoms with Crippen LogP contribution < -0.4 is 11.4 Å².